The zero-order chi connectivity index (χ0) is 21.4. The minimum Gasteiger partial charge on any atom is -0.478 e. The lowest BCUT2D eigenvalue weighted by Gasteiger charge is -2.28. The van der Waals surface area contributed by atoms with Gasteiger partial charge < -0.3 is 14.7 Å². The molecule has 0 atom stereocenters. The molecule has 0 radical (unpaired) electrons. The predicted molar refractivity (Wildman–Crippen MR) is 119 cm³/mol. The summed E-state index contributed by atoms with van der Waals surface area (Å²) in [6.07, 6.45) is 5.50. The van der Waals surface area contributed by atoms with E-state index in [1.807, 2.05) is 24.4 Å². The minimum atomic E-state index is -0.970. The van der Waals surface area contributed by atoms with Crippen LogP contribution < -0.4 is 4.90 Å². The van der Waals surface area contributed by atoms with Gasteiger partial charge >= 0.3 is 5.97 Å². The number of pyridine rings is 1. The van der Waals surface area contributed by atoms with E-state index in [-0.39, 0.29) is 5.56 Å². The zero-order valence-corrected chi connectivity index (χ0v) is 17.2. The summed E-state index contributed by atoms with van der Waals surface area (Å²) in [5, 5.41) is 14.7. The van der Waals surface area contributed by atoms with E-state index in [4.69, 9.17) is 21.3 Å². The number of nitrogens with zero attached hydrogens (tertiary/aromatic N) is 5. The normalized spacial score (nSPS) is 14.7. The maximum Gasteiger partial charge on any atom is 0.336 e. The van der Waals surface area contributed by atoms with Crippen molar-refractivity contribution in [1.29, 1.82) is 0 Å². The van der Waals surface area contributed by atoms with Crippen LogP contribution in [0.2, 0.25) is 5.15 Å². The molecule has 9 heteroatoms. The quantitative estimate of drug-likeness (QED) is 0.523. The molecule has 1 aliphatic heterocycles. The van der Waals surface area contributed by atoms with Gasteiger partial charge in [-0.05, 0) is 36.4 Å². The van der Waals surface area contributed by atoms with Gasteiger partial charge in [-0.15, -0.1) is 0 Å². The lowest BCUT2D eigenvalue weighted by molar-refractivity contribution is 0.0699. The van der Waals surface area contributed by atoms with Gasteiger partial charge in [-0.1, -0.05) is 17.7 Å². The molecule has 156 valence electrons. The first-order chi connectivity index (χ1) is 15.1. The molecule has 0 spiro atoms. The number of benzene rings is 1. The Morgan fingerprint density at radius 2 is 1.90 bits per heavy atom. The van der Waals surface area contributed by atoms with Gasteiger partial charge in [0.1, 0.15) is 0 Å². The van der Waals surface area contributed by atoms with Crippen LogP contribution in [0.1, 0.15) is 21.7 Å². The summed E-state index contributed by atoms with van der Waals surface area (Å²) >= 11 is 6.23. The molecule has 4 aromatic rings. The largest absolute Gasteiger partial charge is 0.478 e. The molecule has 1 N–H and O–H groups in total. The van der Waals surface area contributed by atoms with Gasteiger partial charge in [-0.2, -0.15) is 5.10 Å². The maximum absolute atomic E-state index is 11.4. The number of carbonyl (C=O) groups is 1. The summed E-state index contributed by atoms with van der Waals surface area (Å²) in [4.78, 5) is 22.8. The van der Waals surface area contributed by atoms with Gasteiger partial charge in [0.25, 0.3) is 0 Å². The summed E-state index contributed by atoms with van der Waals surface area (Å²) in [7, 11) is 0. The van der Waals surface area contributed by atoms with Crippen LogP contribution in [0.25, 0.3) is 28.7 Å². The molecule has 0 amide bonds. The molecule has 8 nitrogen and oxygen atoms in total. The van der Waals surface area contributed by atoms with Crippen molar-refractivity contribution < 1.29 is 14.6 Å². The van der Waals surface area contributed by atoms with Crippen molar-refractivity contribution in [2.75, 3.05) is 31.2 Å². The van der Waals surface area contributed by atoms with E-state index in [0.29, 0.717) is 40.7 Å². The molecule has 0 aliphatic carbocycles. The molecular formula is C22H18ClN5O3. The first-order valence-electron chi connectivity index (χ1n) is 9.78. The Morgan fingerprint density at radius 3 is 2.71 bits per heavy atom. The van der Waals surface area contributed by atoms with Crippen LogP contribution in [-0.2, 0) is 4.74 Å². The molecule has 1 saturated heterocycles. The second-order valence-corrected chi connectivity index (χ2v) is 7.52. The summed E-state index contributed by atoms with van der Waals surface area (Å²) in [5.41, 5.74) is 3.92. The summed E-state index contributed by atoms with van der Waals surface area (Å²) in [5.74, 6) is -0.970. The van der Waals surface area contributed by atoms with Crippen molar-refractivity contribution in [3.05, 3.63) is 64.7 Å². The van der Waals surface area contributed by atoms with E-state index in [2.05, 4.69) is 15.0 Å². The summed E-state index contributed by atoms with van der Waals surface area (Å²) < 4.78 is 7.12. The number of morpholine rings is 1. The molecule has 31 heavy (non-hydrogen) atoms. The number of aromatic nitrogens is 4. The van der Waals surface area contributed by atoms with Crippen LogP contribution in [0, 0.1) is 0 Å². The fraction of sp³-hybridized carbons (Fsp3) is 0.182. The van der Waals surface area contributed by atoms with Crippen LogP contribution in [0.15, 0.2) is 42.6 Å². The number of fused-ring (bicyclic) bond motifs is 2. The Labute approximate surface area is 182 Å². The first kappa shape index (κ1) is 19.5. The summed E-state index contributed by atoms with van der Waals surface area (Å²) in [6.45, 7) is 2.87. The molecule has 0 bridgehead atoms. The lowest BCUT2D eigenvalue weighted by Crippen LogP contribution is -2.36. The highest BCUT2D eigenvalue weighted by Crippen LogP contribution is 2.25. The Morgan fingerprint density at radius 1 is 1.10 bits per heavy atom. The number of carboxylic acids is 1. The van der Waals surface area contributed by atoms with Crippen molar-refractivity contribution in [2.24, 2.45) is 0 Å². The molecule has 0 unspecified atom stereocenters. The number of rotatable bonds is 4. The van der Waals surface area contributed by atoms with Gasteiger partial charge in [0.05, 0.1) is 47.6 Å². The Kier molecular flexibility index (Phi) is 5.01. The fourth-order valence-electron chi connectivity index (χ4n) is 3.69. The third kappa shape index (κ3) is 3.83. The third-order valence-corrected chi connectivity index (χ3v) is 5.34. The number of imidazole rings is 1. The molecule has 3 aromatic heterocycles. The van der Waals surface area contributed by atoms with Crippen molar-refractivity contribution in [2.45, 2.75) is 0 Å². The molecule has 1 aliphatic rings. The van der Waals surface area contributed by atoms with Crippen LogP contribution in [0.5, 0.6) is 0 Å². The average molecular weight is 436 g/mol. The molecule has 1 aromatic carbocycles. The van der Waals surface area contributed by atoms with E-state index in [0.717, 1.165) is 24.4 Å². The van der Waals surface area contributed by atoms with E-state index >= 15 is 0 Å². The number of carboxylic acid groups (broad SMARTS) is 1. The van der Waals surface area contributed by atoms with E-state index < -0.39 is 5.97 Å². The average Bonchev–Trinajstić information content (AvgIpc) is 3.19. The van der Waals surface area contributed by atoms with E-state index in [1.54, 1.807) is 34.8 Å². The zero-order valence-electron chi connectivity index (χ0n) is 16.4. The highest BCUT2D eigenvalue weighted by molar-refractivity contribution is 6.29. The Bertz CT molecular complexity index is 1330. The van der Waals surface area contributed by atoms with E-state index in [9.17, 15) is 9.90 Å². The van der Waals surface area contributed by atoms with Crippen LogP contribution >= 0.6 is 11.6 Å². The molecular weight excluding hydrogens is 418 g/mol. The molecule has 5 rings (SSSR count). The monoisotopic (exact) mass is 435 g/mol. The highest BCUT2D eigenvalue weighted by Gasteiger charge is 2.17. The van der Waals surface area contributed by atoms with E-state index in [1.165, 1.54) is 0 Å². The van der Waals surface area contributed by atoms with Gasteiger partial charge in [0, 0.05) is 24.5 Å². The predicted octanol–water partition coefficient (Wildman–Crippen LogP) is 3.64. The fourth-order valence-corrected chi connectivity index (χ4v) is 3.87. The highest BCUT2D eigenvalue weighted by atomic mass is 35.5. The standard InChI is InChI=1S/C22H18ClN5O3/c23-20-12-19(27-8-10-31-11-9-27)21-25-15(13-28(21)26-20)5-4-14-6-7-16-17(22(29)30)2-1-3-18(16)24-14/h1-7,12-13H,8-11H2,(H,29,30)/b5-4+. The van der Waals surface area contributed by atoms with Crippen LogP contribution in [0.4, 0.5) is 5.69 Å². The number of anilines is 1. The van der Waals surface area contributed by atoms with Crippen molar-refractivity contribution in [3.8, 4) is 0 Å². The van der Waals surface area contributed by atoms with Crippen molar-refractivity contribution in [3.63, 3.8) is 0 Å². The molecule has 4 heterocycles. The number of ether oxygens (including phenoxy) is 1. The van der Waals surface area contributed by atoms with Gasteiger partial charge in [0.15, 0.2) is 10.8 Å². The Balaban J connectivity index is 1.48. The van der Waals surface area contributed by atoms with Gasteiger partial charge in [-0.25, -0.2) is 19.3 Å². The molecule has 0 saturated carbocycles. The van der Waals surface area contributed by atoms with Gasteiger partial charge in [-0.3, -0.25) is 0 Å². The first-order valence-corrected chi connectivity index (χ1v) is 10.2. The molecule has 1 fully saturated rings. The van der Waals surface area contributed by atoms with Crippen molar-refractivity contribution in [1.82, 2.24) is 19.6 Å². The second-order valence-electron chi connectivity index (χ2n) is 7.13. The SMILES string of the molecule is O=C(O)c1cccc2nc(/C=C/c3cn4nc(Cl)cc(N5CCOCC5)c4n3)ccc12. The van der Waals surface area contributed by atoms with Crippen molar-refractivity contribution >= 4 is 52.0 Å². The lowest BCUT2D eigenvalue weighted by atomic mass is 10.1. The topological polar surface area (TPSA) is 92.8 Å². The minimum absolute atomic E-state index is 0.236. The number of hydrogen-bond acceptors (Lipinski definition) is 6. The van der Waals surface area contributed by atoms with Crippen LogP contribution in [0.3, 0.4) is 0 Å². The maximum atomic E-state index is 11.4. The third-order valence-electron chi connectivity index (χ3n) is 5.16. The van der Waals surface area contributed by atoms with Gasteiger partial charge in [0.2, 0.25) is 0 Å². The number of hydrogen-bond donors (Lipinski definition) is 1. The summed E-state index contributed by atoms with van der Waals surface area (Å²) in [6, 6.07) is 10.4. The van der Waals surface area contributed by atoms with Crippen LogP contribution in [-0.4, -0.2) is 57.0 Å². The smallest absolute Gasteiger partial charge is 0.336 e. The number of aromatic carboxylic acids is 1. The number of halogens is 1. The Hall–Kier alpha value is -3.49. The second kappa shape index (κ2) is 7.98.